The SMILES string of the molecule is CC(C)CC12CCC(C(=O)O)(CC1)C2. The minimum absolute atomic E-state index is 0.325. The number of fused-ring (bicyclic) bond motifs is 2. The highest BCUT2D eigenvalue weighted by atomic mass is 16.4. The highest BCUT2D eigenvalue weighted by Crippen LogP contribution is 2.63. The van der Waals surface area contributed by atoms with E-state index in [2.05, 4.69) is 13.8 Å². The van der Waals surface area contributed by atoms with E-state index >= 15 is 0 Å². The number of carboxylic acid groups (broad SMARTS) is 1. The van der Waals surface area contributed by atoms with Gasteiger partial charge in [-0.15, -0.1) is 0 Å². The van der Waals surface area contributed by atoms with E-state index in [0.29, 0.717) is 11.3 Å². The maximum Gasteiger partial charge on any atom is 0.309 e. The molecule has 2 rings (SSSR count). The van der Waals surface area contributed by atoms with Crippen LogP contribution in [0, 0.1) is 16.7 Å². The molecule has 2 bridgehead atoms. The molecular formula is C12H20O2. The second kappa shape index (κ2) is 2.98. The maximum atomic E-state index is 11.2. The molecule has 0 atom stereocenters. The van der Waals surface area contributed by atoms with Gasteiger partial charge in [-0.2, -0.15) is 0 Å². The quantitative estimate of drug-likeness (QED) is 0.753. The van der Waals surface area contributed by atoms with E-state index < -0.39 is 5.97 Å². The fourth-order valence-electron chi connectivity index (χ4n) is 3.76. The highest BCUT2D eigenvalue weighted by molar-refractivity contribution is 5.75. The van der Waals surface area contributed by atoms with Crippen LogP contribution in [0.15, 0.2) is 0 Å². The summed E-state index contributed by atoms with van der Waals surface area (Å²) >= 11 is 0. The van der Waals surface area contributed by atoms with Crippen LogP contribution in [-0.4, -0.2) is 11.1 Å². The van der Waals surface area contributed by atoms with Gasteiger partial charge >= 0.3 is 5.97 Å². The highest BCUT2D eigenvalue weighted by Gasteiger charge is 2.57. The number of hydrogen-bond acceptors (Lipinski definition) is 1. The predicted molar refractivity (Wildman–Crippen MR) is 55.0 cm³/mol. The van der Waals surface area contributed by atoms with Crippen LogP contribution in [0.25, 0.3) is 0 Å². The Labute approximate surface area is 85.7 Å². The minimum Gasteiger partial charge on any atom is -0.481 e. The van der Waals surface area contributed by atoms with Crippen molar-refractivity contribution in [3.8, 4) is 0 Å². The monoisotopic (exact) mass is 196 g/mol. The van der Waals surface area contributed by atoms with E-state index in [9.17, 15) is 9.90 Å². The summed E-state index contributed by atoms with van der Waals surface area (Å²) in [5.74, 6) is 0.165. The van der Waals surface area contributed by atoms with Crippen molar-refractivity contribution in [1.82, 2.24) is 0 Å². The lowest BCUT2D eigenvalue weighted by Gasteiger charge is -2.28. The molecule has 0 aromatic rings. The molecule has 14 heavy (non-hydrogen) atoms. The normalized spacial score (nSPS) is 40.8. The lowest BCUT2D eigenvalue weighted by atomic mass is 9.77. The Kier molecular flexibility index (Phi) is 2.13. The number of carbonyl (C=O) groups is 1. The van der Waals surface area contributed by atoms with Gasteiger partial charge in [0.15, 0.2) is 0 Å². The Morgan fingerprint density at radius 2 is 1.86 bits per heavy atom. The topological polar surface area (TPSA) is 37.3 Å². The summed E-state index contributed by atoms with van der Waals surface area (Å²) < 4.78 is 0. The van der Waals surface area contributed by atoms with Crippen LogP contribution in [0.3, 0.4) is 0 Å². The standard InChI is InChI=1S/C12H20O2/c1-9(2)7-11-3-5-12(8-11,6-4-11)10(13)14/h9H,3-8H2,1-2H3,(H,13,14). The van der Waals surface area contributed by atoms with Gasteiger partial charge < -0.3 is 5.11 Å². The summed E-state index contributed by atoms with van der Waals surface area (Å²) in [7, 11) is 0. The van der Waals surface area contributed by atoms with Crippen molar-refractivity contribution in [3.63, 3.8) is 0 Å². The van der Waals surface area contributed by atoms with Crippen molar-refractivity contribution < 1.29 is 9.90 Å². The molecular weight excluding hydrogens is 176 g/mol. The molecule has 0 aromatic heterocycles. The maximum absolute atomic E-state index is 11.2. The van der Waals surface area contributed by atoms with Crippen LogP contribution < -0.4 is 0 Å². The summed E-state index contributed by atoms with van der Waals surface area (Å²) in [6.07, 6.45) is 6.33. The molecule has 2 fully saturated rings. The Morgan fingerprint density at radius 3 is 2.21 bits per heavy atom. The van der Waals surface area contributed by atoms with Gasteiger partial charge in [-0.05, 0) is 49.9 Å². The van der Waals surface area contributed by atoms with E-state index in [1.54, 1.807) is 0 Å². The van der Waals surface area contributed by atoms with Gasteiger partial charge in [0.1, 0.15) is 0 Å². The first-order chi connectivity index (χ1) is 6.48. The first-order valence-corrected chi connectivity index (χ1v) is 5.72. The van der Waals surface area contributed by atoms with E-state index in [1.807, 2.05) is 0 Å². The second-order valence-corrected chi connectivity index (χ2v) is 5.86. The third-order valence-corrected chi connectivity index (χ3v) is 4.28. The molecule has 0 heterocycles. The fourth-order valence-corrected chi connectivity index (χ4v) is 3.76. The molecule has 0 aromatic carbocycles. The van der Waals surface area contributed by atoms with Crippen LogP contribution in [-0.2, 0) is 4.79 Å². The van der Waals surface area contributed by atoms with Crippen molar-refractivity contribution in [3.05, 3.63) is 0 Å². The number of aliphatic carboxylic acids is 1. The molecule has 2 aliphatic rings. The van der Waals surface area contributed by atoms with Gasteiger partial charge in [0.05, 0.1) is 5.41 Å². The molecule has 0 radical (unpaired) electrons. The molecule has 0 spiro atoms. The Morgan fingerprint density at radius 1 is 1.29 bits per heavy atom. The number of hydrogen-bond donors (Lipinski definition) is 1. The minimum atomic E-state index is -0.541. The third kappa shape index (κ3) is 1.35. The van der Waals surface area contributed by atoms with Crippen molar-refractivity contribution in [1.29, 1.82) is 0 Å². The Balaban J connectivity index is 2.12. The van der Waals surface area contributed by atoms with Crippen LogP contribution >= 0.6 is 0 Å². The first kappa shape index (κ1) is 10.0. The molecule has 2 nitrogen and oxygen atoms in total. The summed E-state index contributed by atoms with van der Waals surface area (Å²) in [6.45, 7) is 4.49. The zero-order chi connectivity index (χ0) is 10.4. The van der Waals surface area contributed by atoms with Crippen LogP contribution in [0.5, 0.6) is 0 Å². The van der Waals surface area contributed by atoms with Crippen molar-refractivity contribution >= 4 is 5.97 Å². The summed E-state index contributed by atoms with van der Waals surface area (Å²) in [5, 5.41) is 9.24. The largest absolute Gasteiger partial charge is 0.481 e. The summed E-state index contributed by atoms with van der Waals surface area (Å²) in [4.78, 5) is 11.2. The van der Waals surface area contributed by atoms with E-state index in [0.717, 1.165) is 32.1 Å². The molecule has 2 heteroatoms. The Bertz CT molecular complexity index is 247. The fraction of sp³-hybridized carbons (Fsp3) is 0.917. The average Bonchev–Trinajstić information content (AvgIpc) is 2.58. The summed E-state index contributed by atoms with van der Waals surface area (Å²) in [6, 6.07) is 0. The molecule has 80 valence electrons. The molecule has 0 aliphatic heterocycles. The lowest BCUT2D eigenvalue weighted by Crippen LogP contribution is -2.25. The second-order valence-electron chi connectivity index (χ2n) is 5.86. The van der Waals surface area contributed by atoms with Gasteiger partial charge in [-0.25, -0.2) is 0 Å². The smallest absolute Gasteiger partial charge is 0.309 e. The predicted octanol–water partition coefficient (Wildman–Crippen LogP) is 3.07. The van der Waals surface area contributed by atoms with E-state index in [1.165, 1.54) is 6.42 Å². The van der Waals surface area contributed by atoms with Gasteiger partial charge in [0.2, 0.25) is 0 Å². The van der Waals surface area contributed by atoms with Crippen LogP contribution in [0.2, 0.25) is 0 Å². The molecule has 0 saturated heterocycles. The Hall–Kier alpha value is -0.530. The van der Waals surface area contributed by atoms with Gasteiger partial charge in [-0.1, -0.05) is 13.8 Å². The molecule has 0 amide bonds. The van der Waals surface area contributed by atoms with Gasteiger partial charge in [0.25, 0.3) is 0 Å². The first-order valence-electron chi connectivity index (χ1n) is 5.72. The zero-order valence-corrected chi connectivity index (χ0v) is 9.18. The van der Waals surface area contributed by atoms with Crippen molar-refractivity contribution in [2.24, 2.45) is 16.7 Å². The van der Waals surface area contributed by atoms with Crippen molar-refractivity contribution in [2.45, 2.75) is 52.4 Å². The molecule has 0 unspecified atom stereocenters. The van der Waals surface area contributed by atoms with Gasteiger partial charge in [-0.3, -0.25) is 4.79 Å². The van der Waals surface area contributed by atoms with E-state index in [4.69, 9.17) is 0 Å². The summed E-state index contributed by atoms with van der Waals surface area (Å²) in [5.41, 5.74) is 0.0709. The molecule has 1 N–H and O–H groups in total. The van der Waals surface area contributed by atoms with E-state index in [-0.39, 0.29) is 5.41 Å². The molecule has 2 saturated carbocycles. The average molecular weight is 196 g/mol. The van der Waals surface area contributed by atoms with Gasteiger partial charge in [0, 0.05) is 0 Å². The lowest BCUT2D eigenvalue weighted by molar-refractivity contribution is -0.148. The van der Waals surface area contributed by atoms with Crippen LogP contribution in [0.1, 0.15) is 52.4 Å². The third-order valence-electron chi connectivity index (χ3n) is 4.28. The molecule has 2 aliphatic carbocycles. The van der Waals surface area contributed by atoms with Crippen molar-refractivity contribution in [2.75, 3.05) is 0 Å². The zero-order valence-electron chi connectivity index (χ0n) is 9.18. The number of rotatable bonds is 3. The van der Waals surface area contributed by atoms with Crippen LogP contribution in [0.4, 0.5) is 0 Å². The number of carboxylic acids is 1.